The van der Waals surface area contributed by atoms with Crippen LogP contribution in [0.3, 0.4) is 0 Å². The number of nitrogens with two attached hydrogens (primary N) is 1. The number of ether oxygens (including phenoxy) is 2. The van der Waals surface area contributed by atoms with Gasteiger partial charge in [0.15, 0.2) is 0 Å². The molecule has 1 heterocycles. The van der Waals surface area contributed by atoms with Gasteiger partial charge < -0.3 is 15.2 Å². The van der Waals surface area contributed by atoms with Gasteiger partial charge in [0, 0.05) is 0 Å². The molecule has 6 nitrogen and oxygen atoms in total. The standard InChI is InChI=1S/C13H24N4O2/c1-3-5-6-7-8-9-10-19-13-16-11(14)15-12(17-13)18-4-2/h3-10H2,1-2H3,(H2,14,15,16,17). The maximum Gasteiger partial charge on any atom is 0.324 e. The monoisotopic (exact) mass is 268 g/mol. The average Bonchev–Trinajstić information content (AvgIpc) is 2.37. The van der Waals surface area contributed by atoms with Gasteiger partial charge in [-0.3, -0.25) is 0 Å². The molecule has 1 rings (SSSR count). The van der Waals surface area contributed by atoms with E-state index in [1.54, 1.807) is 0 Å². The zero-order valence-corrected chi connectivity index (χ0v) is 11.9. The number of rotatable bonds is 10. The Bertz CT molecular complexity index is 360. The lowest BCUT2D eigenvalue weighted by atomic mass is 10.1. The number of unbranched alkanes of at least 4 members (excludes halogenated alkanes) is 5. The van der Waals surface area contributed by atoms with Gasteiger partial charge in [-0.15, -0.1) is 4.98 Å². The molecule has 6 heteroatoms. The summed E-state index contributed by atoms with van der Waals surface area (Å²) in [6, 6.07) is 0.456. The molecule has 0 saturated carbocycles. The molecule has 0 aliphatic heterocycles. The molecule has 0 bridgehead atoms. The zero-order chi connectivity index (χ0) is 13.9. The first-order valence-electron chi connectivity index (χ1n) is 7.03. The Balaban J connectivity index is 2.25. The van der Waals surface area contributed by atoms with E-state index >= 15 is 0 Å². The summed E-state index contributed by atoms with van der Waals surface area (Å²) in [7, 11) is 0. The average molecular weight is 268 g/mol. The molecule has 0 aliphatic rings. The van der Waals surface area contributed by atoms with Gasteiger partial charge in [0.1, 0.15) is 0 Å². The highest BCUT2D eigenvalue weighted by molar-refractivity contribution is 5.20. The lowest BCUT2D eigenvalue weighted by Crippen LogP contribution is -2.07. The van der Waals surface area contributed by atoms with E-state index in [-0.39, 0.29) is 18.0 Å². The summed E-state index contributed by atoms with van der Waals surface area (Å²) in [5.74, 6) is 0.122. The summed E-state index contributed by atoms with van der Waals surface area (Å²) in [6.45, 7) is 5.16. The van der Waals surface area contributed by atoms with Gasteiger partial charge in [0.05, 0.1) is 13.2 Å². The quantitative estimate of drug-likeness (QED) is 0.657. The lowest BCUT2D eigenvalue weighted by Gasteiger charge is -2.06. The number of hydrogen-bond acceptors (Lipinski definition) is 6. The largest absolute Gasteiger partial charge is 0.464 e. The molecule has 0 atom stereocenters. The van der Waals surface area contributed by atoms with Gasteiger partial charge in [0.2, 0.25) is 5.95 Å². The van der Waals surface area contributed by atoms with E-state index in [1.165, 1.54) is 32.1 Å². The van der Waals surface area contributed by atoms with E-state index in [1.807, 2.05) is 6.92 Å². The van der Waals surface area contributed by atoms with Gasteiger partial charge in [-0.1, -0.05) is 39.0 Å². The molecule has 2 N–H and O–H groups in total. The molecule has 0 aromatic carbocycles. The minimum absolute atomic E-state index is 0.122. The van der Waals surface area contributed by atoms with Crippen LogP contribution >= 0.6 is 0 Å². The minimum Gasteiger partial charge on any atom is -0.464 e. The number of aromatic nitrogens is 3. The smallest absolute Gasteiger partial charge is 0.324 e. The third-order valence-corrected chi connectivity index (χ3v) is 2.61. The van der Waals surface area contributed by atoms with E-state index in [0.717, 1.165) is 6.42 Å². The van der Waals surface area contributed by atoms with Crippen molar-refractivity contribution < 1.29 is 9.47 Å². The van der Waals surface area contributed by atoms with E-state index in [0.29, 0.717) is 13.2 Å². The van der Waals surface area contributed by atoms with E-state index < -0.39 is 0 Å². The highest BCUT2D eigenvalue weighted by atomic mass is 16.5. The molecular weight excluding hydrogens is 244 g/mol. The molecule has 1 aromatic heterocycles. The molecule has 19 heavy (non-hydrogen) atoms. The van der Waals surface area contributed by atoms with E-state index in [2.05, 4.69) is 21.9 Å². The van der Waals surface area contributed by atoms with Crippen molar-refractivity contribution in [2.75, 3.05) is 18.9 Å². The summed E-state index contributed by atoms with van der Waals surface area (Å²) in [5, 5.41) is 0. The van der Waals surface area contributed by atoms with Crippen LogP contribution in [0.1, 0.15) is 52.4 Å². The first-order valence-corrected chi connectivity index (χ1v) is 7.03. The molecule has 0 amide bonds. The Morgan fingerprint density at radius 2 is 1.47 bits per heavy atom. The van der Waals surface area contributed by atoms with Gasteiger partial charge in [-0.25, -0.2) is 0 Å². The molecule has 0 fully saturated rings. The summed E-state index contributed by atoms with van der Waals surface area (Å²) < 4.78 is 10.6. The van der Waals surface area contributed by atoms with Crippen molar-refractivity contribution in [3.8, 4) is 12.0 Å². The highest BCUT2D eigenvalue weighted by Gasteiger charge is 2.05. The maximum absolute atomic E-state index is 5.55. The predicted molar refractivity (Wildman–Crippen MR) is 74.3 cm³/mol. The van der Waals surface area contributed by atoms with Crippen LogP contribution in [0.5, 0.6) is 12.0 Å². The molecular formula is C13H24N4O2. The van der Waals surface area contributed by atoms with E-state index in [4.69, 9.17) is 15.2 Å². The fourth-order valence-electron chi connectivity index (χ4n) is 1.66. The Kier molecular flexibility index (Phi) is 7.62. The second-order valence-corrected chi connectivity index (χ2v) is 4.31. The number of hydrogen-bond donors (Lipinski definition) is 1. The second-order valence-electron chi connectivity index (χ2n) is 4.31. The lowest BCUT2D eigenvalue weighted by molar-refractivity contribution is 0.263. The molecule has 108 valence electrons. The van der Waals surface area contributed by atoms with Gasteiger partial charge >= 0.3 is 12.0 Å². The van der Waals surface area contributed by atoms with Crippen molar-refractivity contribution in [3.63, 3.8) is 0 Å². The molecule has 0 radical (unpaired) electrons. The van der Waals surface area contributed by atoms with Crippen molar-refractivity contribution in [1.29, 1.82) is 0 Å². The normalized spacial score (nSPS) is 10.4. The third kappa shape index (κ3) is 6.79. The molecule has 1 aromatic rings. The van der Waals surface area contributed by atoms with Crippen LogP contribution in [0.4, 0.5) is 5.95 Å². The molecule has 0 saturated heterocycles. The molecule has 0 spiro atoms. The van der Waals surface area contributed by atoms with Crippen LogP contribution in [-0.2, 0) is 0 Å². The van der Waals surface area contributed by atoms with Crippen LogP contribution in [0, 0.1) is 0 Å². The van der Waals surface area contributed by atoms with Crippen molar-refractivity contribution in [2.24, 2.45) is 0 Å². The SMILES string of the molecule is CCCCCCCCOc1nc(N)nc(OCC)n1. The molecule has 0 aliphatic carbocycles. The Morgan fingerprint density at radius 3 is 2.16 bits per heavy atom. The Hall–Kier alpha value is -1.59. The minimum atomic E-state index is 0.122. The predicted octanol–water partition coefficient (Wildman–Crippen LogP) is 2.59. The van der Waals surface area contributed by atoms with Crippen LogP contribution in [0.15, 0.2) is 0 Å². The second kappa shape index (κ2) is 9.35. The fraction of sp³-hybridized carbons (Fsp3) is 0.769. The van der Waals surface area contributed by atoms with Crippen molar-refractivity contribution in [2.45, 2.75) is 52.4 Å². The Morgan fingerprint density at radius 1 is 0.842 bits per heavy atom. The number of nitrogen functional groups attached to an aromatic ring is 1. The van der Waals surface area contributed by atoms with Crippen LogP contribution in [0.2, 0.25) is 0 Å². The third-order valence-electron chi connectivity index (χ3n) is 2.61. The van der Waals surface area contributed by atoms with E-state index in [9.17, 15) is 0 Å². The summed E-state index contributed by atoms with van der Waals surface area (Å²) >= 11 is 0. The fourth-order valence-corrected chi connectivity index (χ4v) is 1.66. The van der Waals surface area contributed by atoms with Crippen molar-refractivity contribution >= 4 is 5.95 Å². The number of anilines is 1. The first kappa shape index (κ1) is 15.5. The van der Waals surface area contributed by atoms with Crippen LogP contribution < -0.4 is 15.2 Å². The topological polar surface area (TPSA) is 83.2 Å². The van der Waals surface area contributed by atoms with Crippen molar-refractivity contribution in [1.82, 2.24) is 15.0 Å². The van der Waals surface area contributed by atoms with Gasteiger partial charge in [-0.05, 0) is 13.3 Å². The van der Waals surface area contributed by atoms with Gasteiger partial charge in [0.25, 0.3) is 0 Å². The van der Waals surface area contributed by atoms with Crippen LogP contribution in [0.25, 0.3) is 0 Å². The van der Waals surface area contributed by atoms with Gasteiger partial charge in [-0.2, -0.15) is 9.97 Å². The van der Waals surface area contributed by atoms with Crippen LogP contribution in [-0.4, -0.2) is 28.2 Å². The number of nitrogens with zero attached hydrogens (tertiary/aromatic N) is 3. The highest BCUT2D eigenvalue weighted by Crippen LogP contribution is 2.11. The maximum atomic E-state index is 5.55. The zero-order valence-electron chi connectivity index (χ0n) is 11.9. The van der Waals surface area contributed by atoms with Crippen molar-refractivity contribution in [3.05, 3.63) is 0 Å². The Labute approximate surface area is 114 Å². The first-order chi connectivity index (χ1) is 9.26. The summed E-state index contributed by atoms with van der Waals surface area (Å²) in [4.78, 5) is 11.8. The molecule has 0 unspecified atom stereocenters. The summed E-state index contributed by atoms with van der Waals surface area (Å²) in [6.07, 6.45) is 7.28. The summed E-state index contributed by atoms with van der Waals surface area (Å²) in [5.41, 5.74) is 5.55.